The molecule has 0 fully saturated rings. The highest BCUT2D eigenvalue weighted by molar-refractivity contribution is 5.98. The minimum absolute atomic E-state index is 0.252. The lowest BCUT2D eigenvalue weighted by molar-refractivity contribution is 0.306. The smallest absolute Gasteiger partial charge is 0.213 e. The predicted molar refractivity (Wildman–Crippen MR) is 124 cm³/mol. The van der Waals surface area contributed by atoms with Crippen molar-refractivity contribution >= 4 is 11.1 Å². The molecule has 0 atom stereocenters. The van der Waals surface area contributed by atoms with Crippen LogP contribution in [0.3, 0.4) is 0 Å². The van der Waals surface area contributed by atoms with E-state index in [1.54, 1.807) is 12.1 Å². The lowest BCUT2D eigenvalue weighted by Gasteiger charge is -2.17. The maximum atomic E-state index is 9.80. The standard InChI is InChI=1S/C26H28N2O3/c1-3-23(19-6-10-24-20(16-19)12-14-30-24)26(18-4-8-22(29)9-5-18)21-7-11-25(28-17-21)31-15-13-27-2/h4-11,16-17,27,29H,3,12-15H2,1-2H3/b26-23-. The Morgan fingerprint density at radius 1 is 1.06 bits per heavy atom. The average molecular weight is 417 g/mol. The summed E-state index contributed by atoms with van der Waals surface area (Å²) in [4.78, 5) is 4.53. The normalized spacial score (nSPS) is 13.4. The van der Waals surface area contributed by atoms with Crippen LogP contribution in [0.5, 0.6) is 17.4 Å². The van der Waals surface area contributed by atoms with Gasteiger partial charge in [-0.3, -0.25) is 0 Å². The number of likely N-dealkylation sites (N-methyl/N-ethyl adjacent to an activating group) is 1. The van der Waals surface area contributed by atoms with Crippen molar-refractivity contribution in [3.63, 3.8) is 0 Å². The van der Waals surface area contributed by atoms with Crippen LogP contribution >= 0.6 is 0 Å². The number of hydrogen-bond donors (Lipinski definition) is 2. The summed E-state index contributed by atoms with van der Waals surface area (Å²) in [6.45, 7) is 4.25. The summed E-state index contributed by atoms with van der Waals surface area (Å²) in [6, 6.07) is 17.8. The third-order valence-electron chi connectivity index (χ3n) is 5.48. The van der Waals surface area contributed by atoms with Crippen LogP contribution in [0.25, 0.3) is 11.1 Å². The first kappa shape index (κ1) is 20.9. The number of nitrogens with one attached hydrogen (secondary N) is 1. The molecular formula is C26H28N2O3. The lowest BCUT2D eigenvalue weighted by atomic mass is 9.88. The number of phenolic OH excluding ortho intramolecular Hbond substituents is 1. The number of aromatic hydroxyl groups is 1. The van der Waals surface area contributed by atoms with Gasteiger partial charge in [-0.1, -0.05) is 25.1 Å². The highest BCUT2D eigenvalue weighted by atomic mass is 16.5. The maximum absolute atomic E-state index is 9.80. The topological polar surface area (TPSA) is 63.6 Å². The molecule has 1 aliphatic rings. The third-order valence-corrected chi connectivity index (χ3v) is 5.48. The van der Waals surface area contributed by atoms with E-state index in [0.717, 1.165) is 48.4 Å². The Morgan fingerprint density at radius 3 is 2.55 bits per heavy atom. The molecule has 2 N–H and O–H groups in total. The molecule has 0 saturated carbocycles. The van der Waals surface area contributed by atoms with Gasteiger partial charge >= 0.3 is 0 Å². The van der Waals surface area contributed by atoms with Crippen LogP contribution in [0.1, 0.15) is 35.6 Å². The Kier molecular flexibility index (Phi) is 6.53. The van der Waals surface area contributed by atoms with Gasteiger partial charge in [0.15, 0.2) is 0 Å². The van der Waals surface area contributed by atoms with E-state index in [4.69, 9.17) is 9.47 Å². The van der Waals surface area contributed by atoms with Crippen molar-refractivity contribution in [1.82, 2.24) is 10.3 Å². The van der Waals surface area contributed by atoms with Crippen molar-refractivity contribution in [3.8, 4) is 17.4 Å². The molecule has 0 bridgehead atoms. The van der Waals surface area contributed by atoms with Crippen LogP contribution in [-0.4, -0.2) is 36.9 Å². The molecule has 5 nitrogen and oxygen atoms in total. The van der Waals surface area contributed by atoms with Gasteiger partial charge in [-0.05, 0) is 71.6 Å². The Bertz CT molecular complexity index is 1060. The highest BCUT2D eigenvalue weighted by Crippen LogP contribution is 2.37. The first-order valence-electron chi connectivity index (χ1n) is 10.7. The van der Waals surface area contributed by atoms with Gasteiger partial charge in [0.25, 0.3) is 0 Å². The van der Waals surface area contributed by atoms with Crippen molar-refractivity contribution in [1.29, 1.82) is 0 Å². The summed E-state index contributed by atoms with van der Waals surface area (Å²) >= 11 is 0. The first-order valence-corrected chi connectivity index (χ1v) is 10.7. The van der Waals surface area contributed by atoms with E-state index < -0.39 is 0 Å². The number of aromatic nitrogens is 1. The van der Waals surface area contributed by atoms with Gasteiger partial charge < -0.3 is 19.9 Å². The molecule has 5 heteroatoms. The summed E-state index contributed by atoms with van der Waals surface area (Å²) in [7, 11) is 1.89. The van der Waals surface area contributed by atoms with Crippen LogP contribution in [0, 0.1) is 0 Å². The predicted octanol–water partition coefficient (Wildman–Crippen LogP) is 4.69. The molecule has 0 radical (unpaired) electrons. The monoisotopic (exact) mass is 416 g/mol. The largest absolute Gasteiger partial charge is 0.508 e. The molecule has 0 saturated heterocycles. The Morgan fingerprint density at radius 2 is 1.84 bits per heavy atom. The molecule has 1 aromatic heterocycles. The number of rotatable bonds is 8. The SMILES string of the molecule is CC/C(=C(\c1ccc(O)cc1)c1ccc(OCCNC)nc1)c1ccc2c(c1)CCO2. The van der Waals surface area contributed by atoms with Gasteiger partial charge in [0, 0.05) is 30.8 Å². The van der Waals surface area contributed by atoms with Crippen LogP contribution in [0.2, 0.25) is 0 Å². The second-order valence-electron chi connectivity index (χ2n) is 7.51. The molecule has 0 unspecified atom stereocenters. The van der Waals surface area contributed by atoms with Crippen molar-refractivity contribution in [3.05, 3.63) is 83.0 Å². The van der Waals surface area contributed by atoms with E-state index in [-0.39, 0.29) is 5.75 Å². The van der Waals surface area contributed by atoms with Crippen molar-refractivity contribution in [2.24, 2.45) is 0 Å². The Balaban J connectivity index is 1.79. The molecule has 0 aliphatic carbocycles. The number of phenols is 1. The Labute approximate surface area is 183 Å². The summed E-state index contributed by atoms with van der Waals surface area (Å²) < 4.78 is 11.4. The van der Waals surface area contributed by atoms with Gasteiger partial charge in [-0.2, -0.15) is 0 Å². The fourth-order valence-electron chi connectivity index (χ4n) is 3.91. The zero-order valence-corrected chi connectivity index (χ0v) is 18.0. The minimum atomic E-state index is 0.252. The van der Waals surface area contributed by atoms with E-state index in [2.05, 4.69) is 41.5 Å². The summed E-state index contributed by atoms with van der Waals surface area (Å²) in [5.74, 6) is 1.84. The molecule has 1 aliphatic heterocycles. The number of benzene rings is 2. The van der Waals surface area contributed by atoms with Crippen LogP contribution in [0.4, 0.5) is 0 Å². The van der Waals surface area contributed by atoms with E-state index >= 15 is 0 Å². The molecular weight excluding hydrogens is 388 g/mol. The third kappa shape index (κ3) is 4.72. The van der Waals surface area contributed by atoms with Crippen molar-refractivity contribution in [2.45, 2.75) is 19.8 Å². The maximum Gasteiger partial charge on any atom is 0.213 e. The highest BCUT2D eigenvalue weighted by Gasteiger charge is 2.17. The summed E-state index contributed by atoms with van der Waals surface area (Å²) in [5.41, 5.74) is 6.82. The number of allylic oxidation sites excluding steroid dienone is 1. The molecule has 0 amide bonds. The first-order chi connectivity index (χ1) is 15.2. The quantitative estimate of drug-likeness (QED) is 0.412. The summed E-state index contributed by atoms with van der Waals surface area (Å²) in [6.07, 6.45) is 3.66. The van der Waals surface area contributed by atoms with Gasteiger partial charge in [-0.25, -0.2) is 4.98 Å². The molecule has 31 heavy (non-hydrogen) atoms. The lowest BCUT2D eigenvalue weighted by Crippen LogP contribution is -2.16. The van der Waals surface area contributed by atoms with Crippen LogP contribution < -0.4 is 14.8 Å². The zero-order chi connectivity index (χ0) is 21.6. The second-order valence-corrected chi connectivity index (χ2v) is 7.51. The molecule has 2 aromatic carbocycles. The zero-order valence-electron chi connectivity index (χ0n) is 18.0. The number of nitrogens with zero attached hydrogens (tertiary/aromatic N) is 1. The van der Waals surface area contributed by atoms with Crippen LogP contribution in [-0.2, 0) is 6.42 Å². The molecule has 2 heterocycles. The van der Waals surface area contributed by atoms with Crippen molar-refractivity contribution < 1.29 is 14.6 Å². The second kappa shape index (κ2) is 9.67. The van der Waals surface area contributed by atoms with Gasteiger partial charge in [0.2, 0.25) is 5.88 Å². The number of hydrogen-bond acceptors (Lipinski definition) is 5. The summed E-state index contributed by atoms with van der Waals surface area (Å²) in [5, 5.41) is 12.9. The van der Waals surface area contributed by atoms with E-state index in [9.17, 15) is 5.11 Å². The molecule has 160 valence electrons. The minimum Gasteiger partial charge on any atom is -0.508 e. The average Bonchev–Trinajstić information content (AvgIpc) is 3.27. The fraction of sp³-hybridized carbons (Fsp3) is 0.269. The number of fused-ring (bicyclic) bond motifs is 1. The van der Waals surface area contributed by atoms with E-state index in [1.165, 1.54) is 16.7 Å². The van der Waals surface area contributed by atoms with Crippen molar-refractivity contribution in [2.75, 3.05) is 26.8 Å². The van der Waals surface area contributed by atoms with Gasteiger partial charge in [-0.15, -0.1) is 0 Å². The number of ether oxygens (including phenoxy) is 2. The Hall–Kier alpha value is -3.31. The van der Waals surface area contributed by atoms with E-state index in [0.29, 0.717) is 12.5 Å². The van der Waals surface area contributed by atoms with E-state index in [1.807, 2.05) is 31.4 Å². The van der Waals surface area contributed by atoms with Crippen LogP contribution in [0.15, 0.2) is 60.8 Å². The van der Waals surface area contributed by atoms with Gasteiger partial charge in [0.05, 0.1) is 6.61 Å². The van der Waals surface area contributed by atoms with Gasteiger partial charge in [0.1, 0.15) is 18.1 Å². The molecule has 3 aromatic rings. The molecule has 0 spiro atoms. The number of pyridine rings is 1. The fourth-order valence-corrected chi connectivity index (χ4v) is 3.91. The molecule has 4 rings (SSSR count).